The highest BCUT2D eigenvalue weighted by molar-refractivity contribution is 9.10. The Morgan fingerprint density at radius 1 is 1.25 bits per heavy atom. The Kier molecular flexibility index (Phi) is 3.51. The van der Waals surface area contributed by atoms with Gasteiger partial charge in [-0.05, 0) is 24.6 Å². The third-order valence-electron chi connectivity index (χ3n) is 2.23. The first-order chi connectivity index (χ1) is 7.75. The maximum Gasteiger partial charge on any atom is 0.147 e. The van der Waals surface area contributed by atoms with E-state index in [2.05, 4.69) is 43.3 Å². The van der Waals surface area contributed by atoms with Crippen LogP contribution in [0.25, 0.3) is 0 Å². The van der Waals surface area contributed by atoms with Crippen LogP contribution < -0.4 is 5.32 Å². The lowest BCUT2D eigenvalue weighted by molar-refractivity contribution is 1.05. The van der Waals surface area contributed by atoms with E-state index >= 15 is 0 Å². The zero-order valence-electron chi connectivity index (χ0n) is 8.94. The molecule has 4 heteroatoms. The Labute approximate surface area is 103 Å². The molecule has 0 radical (unpaired) electrons. The molecule has 1 aromatic heterocycles. The maximum absolute atomic E-state index is 4.23. The molecule has 16 heavy (non-hydrogen) atoms. The number of aromatic nitrogens is 2. The first-order valence-electron chi connectivity index (χ1n) is 5.01. The largest absolute Gasteiger partial charge is 0.364 e. The summed E-state index contributed by atoms with van der Waals surface area (Å²) in [5.41, 5.74) is 2.12. The molecule has 2 aromatic rings. The molecule has 0 saturated carbocycles. The third-order valence-corrected chi connectivity index (χ3v) is 2.72. The number of benzene rings is 1. The van der Waals surface area contributed by atoms with Crippen LogP contribution in [-0.4, -0.2) is 9.97 Å². The number of rotatable bonds is 3. The Morgan fingerprint density at radius 3 is 2.81 bits per heavy atom. The van der Waals surface area contributed by atoms with Crippen molar-refractivity contribution in [3.63, 3.8) is 0 Å². The van der Waals surface area contributed by atoms with Crippen molar-refractivity contribution in [2.24, 2.45) is 0 Å². The fraction of sp³-hybridized carbons (Fsp3) is 0.167. The van der Waals surface area contributed by atoms with Crippen LogP contribution >= 0.6 is 15.9 Å². The standard InChI is InChI=1S/C12H12BrN3/c1-9-12(15-6-5-14-9)16-8-10-3-2-4-11(13)7-10/h2-7H,8H2,1H3,(H,15,16). The zero-order chi connectivity index (χ0) is 11.4. The molecule has 1 aromatic carbocycles. The predicted molar refractivity (Wildman–Crippen MR) is 68.2 cm³/mol. The summed E-state index contributed by atoms with van der Waals surface area (Å²) in [5.74, 6) is 0.836. The second kappa shape index (κ2) is 5.07. The maximum atomic E-state index is 4.23. The van der Waals surface area contributed by atoms with E-state index in [0.29, 0.717) is 0 Å². The molecule has 0 amide bonds. The Morgan fingerprint density at radius 2 is 2.06 bits per heavy atom. The number of halogens is 1. The van der Waals surface area contributed by atoms with Gasteiger partial charge in [0.05, 0.1) is 5.69 Å². The summed E-state index contributed by atoms with van der Waals surface area (Å²) >= 11 is 3.45. The summed E-state index contributed by atoms with van der Waals surface area (Å²) in [6.45, 7) is 2.69. The average molecular weight is 278 g/mol. The Balaban J connectivity index is 2.05. The van der Waals surface area contributed by atoms with Gasteiger partial charge in [0.2, 0.25) is 0 Å². The van der Waals surface area contributed by atoms with Gasteiger partial charge < -0.3 is 5.32 Å². The van der Waals surface area contributed by atoms with Gasteiger partial charge in [0, 0.05) is 23.4 Å². The molecule has 0 unspecified atom stereocenters. The van der Waals surface area contributed by atoms with E-state index in [1.165, 1.54) is 5.56 Å². The minimum Gasteiger partial charge on any atom is -0.364 e. The molecule has 1 heterocycles. The predicted octanol–water partition coefficient (Wildman–Crippen LogP) is 3.16. The monoisotopic (exact) mass is 277 g/mol. The second-order valence-electron chi connectivity index (χ2n) is 3.47. The van der Waals surface area contributed by atoms with E-state index in [4.69, 9.17) is 0 Å². The van der Waals surface area contributed by atoms with E-state index in [9.17, 15) is 0 Å². The van der Waals surface area contributed by atoms with Gasteiger partial charge >= 0.3 is 0 Å². The normalized spacial score (nSPS) is 10.1. The van der Waals surface area contributed by atoms with Crippen molar-refractivity contribution in [3.05, 3.63) is 52.4 Å². The van der Waals surface area contributed by atoms with Gasteiger partial charge in [-0.15, -0.1) is 0 Å². The molecular weight excluding hydrogens is 266 g/mol. The third kappa shape index (κ3) is 2.79. The zero-order valence-corrected chi connectivity index (χ0v) is 10.5. The van der Waals surface area contributed by atoms with Crippen molar-refractivity contribution in [2.75, 3.05) is 5.32 Å². The van der Waals surface area contributed by atoms with Crippen LogP contribution in [0.4, 0.5) is 5.82 Å². The van der Waals surface area contributed by atoms with Gasteiger partial charge in [0.1, 0.15) is 5.82 Å². The van der Waals surface area contributed by atoms with Crippen molar-refractivity contribution < 1.29 is 0 Å². The summed E-state index contributed by atoms with van der Waals surface area (Å²) in [6.07, 6.45) is 3.38. The summed E-state index contributed by atoms with van der Waals surface area (Å²) in [6, 6.07) is 8.18. The molecule has 0 bridgehead atoms. The van der Waals surface area contributed by atoms with Crippen LogP contribution in [-0.2, 0) is 6.54 Å². The van der Waals surface area contributed by atoms with E-state index in [1.807, 2.05) is 19.1 Å². The van der Waals surface area contributed by atoms with Crippen LogP contribution in [0.15, 0.2) is 41.1 Å². The molecule has 82 valence electrons. The number of aryl methyl sites for hydroxylation is 1. The molecule has 1 N–H and O–H groups in total. The molecule has 0 aliphatic rings. The van der Waals surface area contributed by atoms with Crippen LogP contribution in [0.3, 0.4) is 0 Å². The quantitative estimate of drug-likeness (QED) is 0.937. The van der Waals surface area contributed by atoms with Gasteiger partial charge in [0.25, 0.3) is 0 Å². The topological polar surface area (TPSA) is 37.8 Å². The lowest BCUT2D eigenvalue weighted by Gasteiger charge is -2.07. The van der Waals surface area contributed by atoms with Gasteiger partial charge in [-0.25, -0.2) is 4.98 Å². The highest BCUT2D eigenvalue weighted by atomic mass is 79.9. The number of hydrogen-bond donors (Lipinski definition) is 1. The van der Waals surface area contributed by atoms with Crippen LogP contribution in [0.5, 0.6) is 0 Å². The van der Waals surface area contributed by atoms with Crippen molar-refractivity contribution in [3.8, 4) is 0 Å². The summed E-state index contributed by atoms with van der Waals surface area (Å²) in [7, 11) is 0. The lowest BCUT2D eigenvalue weighted by atomic mass is 10.2. The molecular formula is C12H12BrN3. The number of nitrogens with zero attached hydrogens (tertiary/aromatic N) is 2. The summed E-state index contributed by atoms with van der Waals surface area (Å²) < 4.78 is 1.09. The average Bonchev–Trinajstić information content (AvgIpc) is 2.28. The molecule has 2 rings (SSSR count). The van der Waals surface area contributed by atoms with E-state index in [1.54, 1.807) is 12.4 Å². The molecule has 0 spiro atoms. The van der Waals surface area contributed by atoms with E-state index < -0.39 is 0 Å². The second-order valence-corrected chi connectivity index (χ2v) is 4.39. The summed E-state index contributed by atoms with van der Waals surface area (Å²) in [5, 5.41) is 3.26. The van der Waals surface area contributed by atoms with Gasteiger partial charge in [-0.2, -0.15) is 0 Å². The highest BCUT2D eigenvalue weighted by Crippen LogP contribution is 2.13. The van der Waals surface area contributed by atoms with E-state index in [-0.39, 0.29) is 0 Å². The number of anilines is 1. The molecule has 0 aliphatic carbocycles. The van der Waals surface area contributed by atoms with Crippen molar-refractivity contribution in [1.82, 2.24) is 9.97 Å². The molecule has 0 saturated heterocycles. The first-order valence-corrected chi connectivity index (χ1v) is 5.81. The summed E-state index contributed by atoms with van der Waals surface area (Å²) in [4.78, 5) is 8.41. The van der Waals surface area contributed by atoms with Crippen molar-refractivity contribution in [2.45, 2.75) is 13.5 Å². The molecule has 3 nitrogen and oxygen atoms in total. The minimum atomic E-state index is 0.749. The number of nitrogens with one attached hydrogen (secondary N) is 1. The van der Waals surface area contributed by atoms with Gasteiger partial charge in [-0.1, -0.05) is 28.1 Å². The molecule has 0 aliphatic heterocycles. The number of hydrogen-bond acceptors (Lipinski definition) is 3. The minimum absolute atomic E-state index is 0.749. The van der Waals surface area contributed by atoms with Crippen LogP contribution in [0.1, 0.15) is 11.3 Å². The van der Waals surface area contributed by atoms with Crippen molar-refractivity contribution >= 4 is 21.7 Å². The smallest absolute Gasteiger partial charge is 0.147 e. The lowest BCUT2D eigenvalue weighted by Crippen LogP contribution is -2.03. The van der Waals surface area contributed by atoms with Crippen LogP contribution in [0, 0.1) is 6.92 Å². The fourth-order valence-corrected chi connectivity index (χ4v) is 1.86. The Hall–Kier alpha value is -1.42. The van der Waals surface area contributed by atoms with Crippen LogP contribution in [0.2, 0.25) is 0 Å². The highest BCUT2D eigenvalue weighted by Gasteiger charge is 1.99. The van der Waals surface area contributed by atoms with Crippen molar-refractivity contribution in [1.29, 1.82) is 0 Å². The van der Waals surface area contributed by atoms with E-state index in [0.717, 1.165) is 22.5 Å². The first kappa shape index (κ1) is 11.1. The molecule has 0 fully saturated rings. The van der Waals surface area contributed by atoms with Gasteiger partial charge in [-0.3, -0.25) is 4.98 Å². The molecule has 0 atom stereocenters. The Bertz CT molecular complexity index is 485. The van der Waals surface area contributed by atoms with Gasteiger partial charge in [0.15, 0.2) is 0 Å². The fourth-order valence-electron chi connectivity index (χ4n) is 1.41. The SMILES string of the molecule is Cc1nccnc1NCc1cccc(Br)c1.